The van der Waals surface area contributed by atoms with Gasteiger partial charge in [0.05, 0.1) is 4.90 Å². The van der Waals surface area contributed by atoms with E-state index in [9.17, 15) is 8.42 Å². The van der Waals surface area contributed by atoms with Crippen LogP contribution >= 0.6 is 0 Å². The molecule has 7 nitrogen and oxygen atoms in total. The van der Waals surface area contributed by atoms with Crippen LogP contribution in [0.1, 0.15) is 5.56 Å². The number of rotatable bonds is 4. The number of hydrogen-bond donors (Lipinski definition) is 0. The minimum Gasteiger partial charge on any atom is -0.486 e. The second-order valence-electron chi connectivity index (χ2n) is 5.75. The number of ether oxygens (including phenoxy) is 4. The first-order chi connectivity index (χ1) is 12.0. The van der Waals surface area contributed by atoms with Crippen molar-refractivity contribution in [2.24, 2.45) is 0 Å². The molecular weight excluding hydrogens is 346 g/mol. The van der Waals surface area contributed by atoms with Crippen molar-refractivity contribution in [3.05, 3.63) is 42.0 Å². The van der Waals surface area contributed by atoms with E-state index in [2.05, 4.69) is 0 Å². The molecule has 0 amide bonds. The average Bonchev–Trinajstić information content (AvgIpc) is 3.09. The van der Waals surface area contributed by atoms with Crippen molar-refractivity contribution in [2.75, 3.05) is 27.1 Å². The molecule has 0 N–H and O–H groups in total. The maximum absolute atomic E-state index is 12.8. The lowest BCUT2D eigenvalue weighted by Gasteiger charge is -2.21. The van der Waals surface area contributed by atoms with Gasteiger partial charge in [-0.05, 0) is 29.8 Å². The highest BCUT2D eigenvalue weighted by Crippen LogP contribution is 2.35. The van der Waals surface area contributed by atoms with E-state index in [0.29, 0.717) is 36.2 Å². The highest BCUT2D eigenvalue weighted by molar-refractivity contribution is 7.89. The SMILES string of the molecule is CN(Cc1ccc2c(c1)OCO2)S(=O)(=O)c1ccc2c(c1)OCCO2. The molecule has 0 saturated carbocycles. The summed E-state index contributed by atoms with van der Waals surface area (Å²) in [6.45, 7) is 1.27. The molecular formula is C17H17NO6S. The van der Waals surface area contributed by atoms with Crippen molar-refractivity contribution in [1.29, 1.82) is 0 Å². The summed E-state index contributed by atoms with van der Waals surface area (Å²) in [7, 11) is -2.12. The lowest BCUT2D eigenvalue weighted by Crippen LogP contribution is -2.26. The summed E-state index contributed by atoms with van der Waals surface area (Å²) in [5, 5.41) is 0. The van der Waals surface area contributed by atoms with Gasteiger partial charge in [0.1, 0.15) is 13.2 Å². The third-order valence-electron chi connectivity index (χ3n) is 4.06. The van der Waals surface area contributed by atoms with E-state index >= 15 is 0 Å². The van der Waals surface area contributed by atoms with Crippen LogP contribution in [0.5, 0.6) is 23.0 Å². The molecule has 25 heavy (non-hydrogen) atoms. The molecule has 0 aliphatic carbocycles. The number of hydrogen-bond acceptors (Lipinski definition) is 6. The van der Waals surface area contributed by atoms with Gasteiger partial charge in [0, 0.05) is 19.7 Å². The zero-order chi connectivity index (χ0) is 17.4. The van der Waals surface area contributed by atoms with Gasteiger partial charge in [-0.25, -0.2) is 8.42 Å². The third-order valence-corrected chi connectivity index (χ3v) is 5.86. The van der Waals surface area contributed by atoms with Crippen molar-refractivity contribution in [2.45, 2.75) is 11.4 Å². The van der Waals surface area contributed by atoms with Crippen LogP contribution in [0.4, 0.5) is 0 Å². The fraction of sp³-hybridized carbons (Fsp3) is 0.294. The monoisotopic (exact) mass is 363 g/mol. The van der Waals surface area contributed by atoms with Crippen LogP contribution in [0.2, 0.25) is 0 Å². The maximum atomic E-state index is 12.8. The average molecular weight is 363 g/mol. The summed E-state index contributed by atoms with van der Waals surface area (Å²) >= 11 is 0. The molecule has 0 unspecified atom stereocenters. The summed E-state index contributed by atoms with van der Waals surface area (Å²) in [4.78, 5) is 0.167. The Kier molecular flexibility index (Phi) is 3.93. The quantitative estimate of drug-likeness (QED) is 0.827. The number of fused-ring (bicyclic) bond motifs is 2. The Bertz CT molecular complexity index is 911. The van der Waals surface area contributed by atoms with E-state index < -0.39 is 10.0 Å². The number of nitrogens with zero attached hydrogens (tertiary/aromatic N) is 1. The van der Waals surface area contributed by atoms with E-state index in [1.807, 2.05) is 6.07 Å². The molecule has 0 spiro atoms. The topological polar surface area (TPSA) is 74.3 Å². The molecule has 2 aliphatic heterocycles. The largest absolute Gasteiger partial charge is 0.486 e. The Morgan fingerprint density at radius 1 is 0.880 bits per heavy atom. The zero-order valence-electron chi connectivity index (χ0n) is 13.6. The highest BCUT2D eigenvalue weighted by Gasteiger charge is 2.24. The summed E-state index contributed by atoms with van der Waals surface area (Å²) < 4.78 is 48.4. The predicted octanol–water partition coefficient (Wildman–Crippen LogP) is 2.01. The van der Waals surface area contributed by atoms with Gasteiger partial charge < -0.3 is 18.9 Å². The van der Waals surface area contributed by atoms with Gasteiger partial charge in [0.25, 0.3) is 0 Å². The molecule has 0 radical (unpaired) electrons. The summed E-state index contributed by atoms with van der Waals surface area (Å²) in [5.74, 6) is 2.30. The Morgan fingerprint density at radius 3 is 2.36 bits per heavy atom. The minimum absolute atomic E-state index is 0.167. The Morgan fingerprint density at radius 2 is 1.52 bits per heavy atom. The van der Waals surface area contributed by atoms with Crippen molar-refractivity contribution in [3.63, 3.8) is 0 Å². The molecule has 0 saturated heterocycles. The number of sulfonamides is 1. The molecule has 132 valence electrons. The summed E-state index contributed by atoms with van der Waals surface area (Å²) in [5.41, 5.74) is 0.813. The van der Waals surface area contributed by atoms with Crippen LogP contribution in [0.3, 0.4) is 0 Å². The van der Waals surface area contributed by atoms with E-state index in [1.54, 1.807) is 18.2 Å². The van der Waals surface area contributed by atoms with Gasteiger partial charge in [-0.2, -0.15) is 4.31 Å². The van der Waals surface area contributed by atoms with Crippen LogP contribution in [-0.2, 0) is 16.6 Å². The lowest BCUT2D eigenvalue weighted by atomic mass is 10.2. The van der Waals surface area contributed by atoms with Gasteiger partial charge in [-0.3, -0.25) is 0 Å². The van der Waals surface area contributed by atoms with Gasteiger partial charge in [0.15, 0.2) is 23.0 Å². The van der Waals surface area contributed by atoms with Crippen molar-refractivity contribution >= 4 is 10.0 Å². The second-order valence-corrected chi connectivity index (χ2v) is 7.80. The van der Waals surface area contributed by atoms with Crippen LogP contribution in [-0.4, -0.2) is 39.8 Å². The standard InChI is InChI=1S/C17H17NO6S/c1-18(10-12-2-4-15-16(8-12)24-11-23-15)25(19,20)13-3-5-14-17(9-13)22-7-6-21-14/h2-5,8-9H,6-7,10-11H2,1H3. The minimum atomic E-state index is -3.66. The van der Waals surface area contributed by atoms with E-state index in [0.717, 1.165) is 5.56 Å². The second kappa shape index (κ2) is 6.12. The van der Waals surface area contributed by atoms with E-state index in [-0.39, 0.29) is 18.2 Å². The summed E-state index contributed by atoms with van der Waals surface area (Å²) in [6.07, 6.45) is 0. The Labute approximate surface area is 145 Å². The first kappa shape index (κ1) is 16.0. The molecule has 0 aromatic heterocycles. The first-order valence-electron chi connectivity index (χ1n) is 7.78. The molecule has 4 rings (SSSR count). The van der Waals surface area contributed by atoms with Crippen molar-refractivity contribution < 1.29 is 27.4 Å². The fourth-order valence-electron chi connectivity index (χ4n) is 2.75. The lowest BCUT2D eigenvalue weighted by molar-refractivity contribution is 0.171. The molecule has 2 aromatic carbocycles. The van der Waals surface area contributed by atoms with E-state index in [1.165, 1.54) is 23.5 Å². The van der Waals surface area contributed by atoms with E-state index in [4.69, 9.17) is 18.9 Å². The zero-order valence-corrected chi connectivity index (χ0v) is 14.4. The fourth-order valence-corrected chi connectivity index (χ4v) is 3.92. The molecule has 0 bridgehead atoms. The van der Waals surface area contributed by atoms with Gasteiger partial charge in [-0.1, -0.05) is 6.07 Å². The molecule has 2 aromatic rings. The van der Waals surface area contributed by atoms with Gasteiger partial charge in [-0.15, -0.1) is 0 Å². The smallest absolute Gasteiger partial charge is 0.243 e. The van der Waals surface area contributed by atoms with Crippen molar-refractivity contribution in [3.8, 4) is 23.0 Å². The molecule has 8 heteroatoms. The summed E-state index contributed by atoms with van der Waals surface area (Å²) in [6, 6.07) is 10.0. The van der Waals surface area contributed by atoms with Crippen LogP contribution in [0.15, 0.2) is 41.3 Å². The third kappa shape index (κ3) is 2.98. The van der Waals surface area contributed by atoms with Crippen LogP contribution in [0, 0.1) is 0 Å². The van der Waals surface area contributed by atoms with Gasteiger partial charge in [0.2, 0.25) is 16.8 Å². The Balaban J connectivity index is 1.57. The van der Waals surface area contributed by atoms with Crippen LogP contribution in [0.25, 0.3) is 0 Å². The van der Waals surface area contributed by atoms with Gasteiger partial charge >= 0.3 is 0 Å². The normalized spacial score (nSPS) is 15.4. The van der Waals surface area contributed by atoms with Crippen molar-refractivity contribution in [1.82, 2.24) is 4.31 Å². The highest BCUT2D eigenvalue weighted by atomic mass is 32.2. The molecule has 2 aliphatic rings. The Hall–Kier alpha value is -2.45. The molecule has 0 fully saturated rings. The number of benzene rings is 2. The molecule has 0 atom stereocenters. The predicted molar refractivity (Wildman–Crippen MR) is 88.6 cm³/mol. The first-order valence-corrected chi connectivity index (χ1v) is 9.22. The van der Waals surface area contributed by atoms with Crippen LogP contribution < -0.4 is 18.9 Å². The molecule has 2 heterocycles. The maximum Gasteiger partial charge on any atom is 0.243 e.